The van der Waals surface area contributed by atoms with Gasteiger partial charge in [-0.3, -0.25) is 14.6 Å². The van der Waals surface area contributed by atoms with E-state index in [-0.39, 0.29) is 11.5 Å². The standard InChI is InChI=1S/C17H13N3O3.C8H18/c1-11(21)13-2-4-14(5-3-13)20-16(22)15(19-17(20)23)10-12-6-8-18-9-7-12;1-4-6-8(3)7-5-2/h2-10H,1H3,(H,19,23);8H,4-7H2,1-3H3/b15-10-;. The molecule has 1 saturated heterocycles. The summed E-state index contributed by atoms with van der Waals surface area (Å²) in [6.07, 6.45) is 10.3. The van der Waals surface area contributed by atoms with E-state index >= 15 is 0 Å². The predicted molar refractivity (Wildman–Crippen MR) is 124 cm³/mol. The number of imide groups is 1. The summed E-state index contributed by atoms with van der Waals surface area (Å²) in [6.45, 7) is 8.31. The van der Waals surface area contributed by atoms with Gasteiger partial charge in [-0.25, -0.2) is 9.69 Å². The van der Waals surface area contributed by atoms with Crippen LogP contribution in [0, 0.1) is 5.92 Å². The number of nitrogens with zero attached hydrogens (tertiary/aromatic N) is 2. The van der Waals surface area contributed by atoms with Crippen LogP contribution in [0.3, 0.4) is 0 Å². The van der Waals surface area contributed by atoms with Crippen molar-refractivity contribution in [1.82, 2.24) is 10.3 Å². The third-order valence-corrected chi connectivity index (χ3v) is 4.99. The quantitative estimate of drug-likeness (QED) is 0.358. The molecule has 1 aliphatic rings. The number of anilines is 1. The smallest absolute Gasteiger partial charge is 0.302 e. The second-order valence-corrected chi connectivity index (χ2v) is 7.69. The maximum Gasteiger partial charge on any atom is 0.333 e. The summed E-state index contributed by atoms with van der Waals surface area (Å²) in [7, 11) is 0. The highest BCUT2D eigenvalue weighted by molar-refractivity contribution is 6.28. The molecule has 3 rings (SSSR count). The number of amides is 3. The van der Waals surface area contributed by atoms with Crippen LogP contribution in [0.4, 0.5) is 10.5 Å². The summed E-state index contributed by atoms with van der Waals surface area (Å²) in [5.41, 5.74) is 1.89. The Morgan fingerprint density at radius 3 is 2.13 bits per heavy atom. The number of carbonyl (C=O) groups excluding carboxylic acids is 3. The molecule has 0 unspecified atom stereocenters. The Morgan fingerprint density at radius 2 is 1.61 bits per heavy atom. The topological polar surface area (TPSA) is 79.4 Å². The summed E-state index contributed by atoms with van der Waals surface area (Å²) in [6, 6.07) is 9.26. The number of rotatable bonds is 7. The molecule has 2 heterocycles. The summed E-state index contributed by atoms with van der Waals surface area (Å²) in [5, 5.41) is 2.55. The van der Waals surface area contributed by atoms with Gasteiger partial charge in [0.15, 0.2) is 5.78 Å². The molecular formula is C25H31N3O3. The Labute approximate surface area is 184 Å². The van der Waals surface area contributed by atoms with Crippen molar-refractivity contribution in [2.24, 2.45) is 5.92 Å². The van der Waals surface area contributed by atoms with E-state index in [1.165, 1.54) is 32.6 Å². The zero-order valence-electron chi connectivity index (χ0n) is 18.7. The number of nitrogens with one attached hydrogen (secondary N) is 1. The fourth-order valence-electron chi connectivity index (χ4n) is 3.37. The van der Waals surface area contributed by atoms with E-state index in [0.717, 1.165) is 16.4 Å². The van der Waals surface area contributed by atoms with Gasteiger partial charge < -0.3 is 5.32 Å². The Hall–Kier alpha value is -3.28. The molecule has 1 aromatic carbocycles. The molecule has 1 aliphatic heterocycles. The molecule has 1 fully saturated rings. The molecule has 0 spiro atoms. The highest BCUT2D eigenvalue weighted by Gasteiger charge is 2.34. The van der Waals surface area contributed by atoms with Gasteiger partial charge in [0.1, 0.15) is 5.70 Å². The van der Waals surface area contributed by atoms with Gasteiger partial charge in [0, 0.05) is 18.0 Å². The van der Waals surface area contributed by atoms with E-state index in [2.05, 4.69) is 31.1 Å². The first-order valence-electron chi connectivity index (χ1n) is 10.8. The van der Waals surface area contributed by atoms with Crippen molar-refractivity contribution in [1.29, 1.82) is 0 Å². The van der Waals surface area contributed by atoms with Crippen LogP contribution < -0.4 is 10.2 Å². The van der Waals surface area contributed by atoms with Crippen LogP contribution in [-0.4, -0.2) is 22.7 Å². The van der Waals surface area contributed by atoms with Crippen molar-refractivity contribution >= 4 is 29.5 Å². The van der Waals surface area contributed by atoms with E-state index in [1.54, 1.807) is 54.9 Å². The Kier molecular flexibility index (Phi) is 9.13. The first-order valence-corrected chi connectivity index (χ1v) is 10.8. The SMILES string of the molecule is CC(=O)c1ccc(N2C(=O)N/C(=C\c3ccncc3)C2=O)cc1.CCCC(C)CCC. The van der Waals surface area contributed by atoms with Crippen LogP contribution >= 0.6 is 0 Å². The second-order valence-electron chi connectivity index (χ2n) is 7.69. The summed E-state index contributed by atoms with van der Waals surface area (Å²) >= 11 is 0. The van der Waals surface area contributed by atoms with Gasteiger partial charge in [0.2, 0.25) is 0 Å². The van der Waals surface area contributed by atoms with E-state index in [1.807, 2.05) is 0 Å². The van der Waals surface area contributed by atoms with Gasteiger partial charge in [0.05, 0.1) is 5.69 Å². The summed E-state index contributed by atoms with van der Waals surface area (Å²) in [5.74, 6) is 0.444. The fraction of sp³-hybridized carbons (Fsp3) is 0.360. The Morgan fingerprint density at radius 1 is 1.03 bits per heavy atom. The fourth-order valence-corrected chi connectivity index (χ4v) is 3.37. The highest BCUT2D eigenvalue weighted by atomic mass is 16.2. The minimum atomic E-state index is -0.522. The molecule has 3 amide bonds. The first-order chi connectivity index (χ1) is 14.9. The normalized spacial score (nSPS) is 14.5. The number of urea groups is 1. The molecule has 6 nitrogen and oxygen atoms in total. The van der Waals surface area contributed by atoms with Crippen LogP contribution in [0.5, 0.6) is 0 Å². The molecule has 0 radical (unpaired) electrons. The van der Waals surface area contributed by atoms with Crippen LogP contribution in [-0.2, 0) is 4.79 Å². The predicted octanol–water partition coefficient (Wildman–Crippen LogP) is 5.60. The number of ketones is 1. The van der Waals surface area contributed by atoms with Crippen LogP contribution in [0.2, 0.25) is 0 Å². The number of Topliss-reactive ketones (excluding diaryl/α,β-unsaturated/α-hetero) is 1. The van der Waals surface area contributed by atoms with Crippen molar-refractivity contribution in [3.63, 3.8) is 0 Å². The molecule has 0 atom stereocenters. The van der Waals surface area contributed by atoms with Gasteiger partial charge in [-0.05, 0) is 60.9 Å². The number of carbonyl (C=O) groups is 3. The monoisotopic (exact) mass is 421 g/mol. The zero-order valence-corrected chi connectivity index (χ0v) is 18.7. The average Bonchev–Trinajstić information content (AvgIpc) is 3.02. The van der Waals surface area contributed by atoms with Crippen molar-refractivity contribution in [3.05, 3.63) is 65.6 Å². The number of hydrogen-bond donors (Lipinski definition) is 1. The van der Waals surface area contributed by atoms with Gasteiger partial charge >= 0.3 is 6.03 Å². The van der Waals surface area contributed by atoms with Crippen LogP contribution in [0.25, 0.3) is 6.08 Å². The maximum absolute atomic E-state index is 12.4. The third-order valence-electron chi connectivity index (χ3n) is 4.99. The van der Waals surface area contributed by atoms with E-state index in [9.17, 15) is 14.4 Å². The van der Waals surface area contributed by atoms with Gasteiger partial charge in [-0.1, -0.05) is 46.5 Å². The zero-order chi connectivity index (χ0) is 22.8. The molecule has 164 valence electrons. The molecular weight excluding hydrogens is 390 g/mol. The van der Waals surface area contributed by atoms with Gasteiger partial charge in [0.25, 0.3) is 5.91 Å². The molecule has 0 bridgehead atoms. The lowest BCUT2D eigenvalue weighted by molar-refractivity contribution is -0.113. The second kappa shape index (κ2) is 11.8. The maximum atomic E-state index is 12.4. The van der Waals surface area contributed by atoms with E-state index < -0.39 is 11.9 Å². The van der Waals surface area contributed by atoms with E-state index in [0.29, 0.717) is 11.3 Å². The molecule has 0 aliphatic carbocycles. The Balaban J connectivity index is 0.000000366. The van der Waals surface area contributed by atoms with Crippen molar-refractivity contribution in [2.75, 3.05) is 4.90 Å². The van der Waals surface area contributed by atoms with E-state index in [4.69, 9.17) is 0 Å². The lowest BCUT2D eigenvalue weighted by atomic mass is 10.0. The molecule has 6 heteroatoms. The number of benzene rings is 1. The summed E-state index contributed by atoms with van der Waals surface area (Å²) in [4.78, 5) is 40.7. The van der Waals surface area contributed by atoms with Crippen molar-refractivity contribution in [2.45, 2.75) is 53.4 Å². The Bertz CT molecular complexity index is 915. The minimum Gasteiger partial charge on any atom is -0.302 e. The summed E-state index contributed by atoms with van der Waals surface area (Å²) < 4.78 is 0. The van der Waals surface area contributed by atoms with Crippen molar-refractivity contribution in [3.8, 4) is 0 Å². The molecule has 2 aromatic rings. The number of hydrogen-bond acceptors (Lipinski definition) is 4. The number of pyridine rings is 1. The molecule has 0 saturated carbocycles. The van der Waals surface area contributed by atoms with Crippen LogP contribution in [0.15, 0.2) is 54.5 Å². The lowest BCUT2D eigenvalue weighted by Crippen LogP contribution is -2.30. The molecule has 1 aromatic heterocycles. The van der Waals surface area contributed by atoms with Gasteiger partial charge in [-0.15, -0.1) is 0 Å². The van der Waals surface area contributed by atoms with Crippen LogP contribution in [0.1, 0.15) is 69.3 Å². The van der Waals surface area contributed by atoms with Crippen molar-refractivity contribution < 1.29 is 14.4 Å². The number of aromatic nitrogens is 1. The molecule has 31 heavy (non-hydrogen) atoms. The third kappa shape index (κ3) is 6.88. The largest absolute Gasteiger partial charge is 0.333 e. The first kappa shape index (κ1) is 24.0. The molecule has 1 N–H and O–H groups in total. The lowest BCUT2D eigenvalue weighted by Gasteiger charge is -2.11. The van der Waals surface area contributed by atoms with Gasteiger partial charge in [-0.2, -0.15) is 0 Å². The highest BCUT2D eigenvalue weighted by Crippen LogP contribution is 2.22. The minimum absolute atomic E-state index is 0.0768. The average molecular weight is 422 g/mol.